The minimum absolute atomic E-state index is 0.107. The number of amides is 2. The second kappa shape index (κ2) is 7.82. The van der Waals surface area contributed by atoms with Crippen molar-refractivity contribution in [1.82, 2.24) is 24.9 Å². The number of nitrogens with zero attached hydrogens (tertiary/aromatic N) is 3. The molecule has 2 amide bonds. The van der Waals surface area contributed by atoms with Crippen LogP contribution in [0.1, 0.15) is 12.1 Å². The van der Waals surface area contributed by atoms with Crippen molar-refractivity contribution in [2.24, 2.45) is 0 Å². The molecule has 7 nitrogen and oxygen atoms in total. The third-order valence-corrected chi connectivity index (χ3v) is 5.13. The Labute approximate surface area is 163 Å². The van der Waals surface area contributed by atoms with Gasteiger partial charge in [-0.3, -0.25) is 14.5 Å². The molecule has 3 heterocycles. The number of rotatable bonds is 5. The van der Waals surface area contributed by atoms with Gasteiger partial charge in [-0.05, 0) is 12.1 Å². The summed E-state index contributed by atoms with van der Waals surface area (Å²) in [6.07, 6.45) is 2.13. The van der Waals surface area contributed by atoms with E-state index in [1.807, 2.05) is 54.7 Å². The lowest BCUT2D eigenvalue weighted by molar-refractivity contribution is -0.134. The van der Waals surface area contributed by atoms with Crippen LogP contribution >= 0.6 is 0 Å². The van der Waals surface area contributed by atoms with Crippen LogP contribution in [0.4, 0.5) is 0 Å². The lowest BCUT2D eigenvalue weighted by Gasteiger charge is -2.34. The Bertz CT molecular complexity index is 998. The van der Waals surface area contributed by atoms with Crippen molar-refractivity contribution in [3.8, 4) is 11.3 Å². The monoisotopic (exact) mass is 377 g/mol. The molecule has 144 valence electrons. The highest BCUT2D eigenvalue weighted by atomic mass is 16.2. The number of carbonyl (C=O) groups excluding carboxylic acids is 2. The highest BCUT2D eigenvalue weighted by molar-refractivity contribution is 5.88. The molecule has 0 spiro atoms. The second-order valence-electron chi connectivity index (χ2n) is 6.86. The van der Waals surface area contributed by atoms with Crippen LogP contribution in [0, 0.1) is 0 Å². The molecule has 0 aliphatic carbocycles. The van der Waals surface area contributed by atoms with Gasteiger partial charge in [0.1, 0.15) is 5.65 Å². The van der Waals surface area contributed by atoms with Crippen molar-refractivity contribution in [3.05, 3.63) is 60.4 Å². The van der Waals surface area contributed by atoms with E-state index < -0.39 is 6.04 Å². The molecule has 0 saturated carbocycles. The number of fused-ring (bicyclic) bond motifs is 1. The number of aromatic nitrogens is 2. The third-order valence-electron chi connectivity index (χ3n) is 5.13. The SMILES string of the molecule is CNC(=O)C[C@H]1C(=O)NCCN1Cc1c(-c2ccccc2)nc2ccccn12. The average Bonchev–Trinajstić information content (AvgIpc) is 3.09. The molecule has 1 aliphatic heterocycles. The van der Waals surface area contributed by atoms with E-state index in [1.165, 1.54) is 0 Å². The van der Waals surface area contributed by atoms with Gasteiger partial charge in [-0.2, -0.15) is 0 Å². The molecule has 1 saturated heterocycles. The number of carbonyl (C=O) groups is 2. The zero-order chi connectivity index (χ0) is 19.5. The molecule has 7 heteroatoms. The fraction of sp³-hybridized carbons (Fsp3) is 0.286. The van der Waals surface area contributed by atoms with Crippen LogP contribution < -0.4 is 10.6 Å². The van der Waals surface area contributed by atoms with Crippen LogP contribution in [0.5, 0.6) is 0 Å². The summed E-state index contributed by atoms with van der Waals surface area (Å²) < 4.78 is 2.06. The van der Waals surface area contributed by atoms with Crippen molar-refractivity contribution < 1.29 is 9.59 Å². The van der Waals surface area contributed by atoms with Crippen LogP contribution in [0.2, 0.25) is 0 Å². The molecule has 1 atom stereocenters. The summed E-state index contributed by atoms with van der Waals surface area (Å²) in [6, 6.07) is 15.5. The van der Waals surface area contributed by atoms with Crippen LogP contribution in [-0.4, -0.2) is 52.3 Å². The van der Waals surface area contributed by atoms with Gasteiger partial charge in [0.15, 0.2) is 0 Å². The van der Waals surface area contributed by atoms with Gasteiger partial charge in [-0.15, -0.1) is 0 Å². The van der Waals surface area contributed by atoms with Gasteiger partial charge in [-0.25, -0.2) is 4.98 Å². The smallest absolute Gasteiger partial charge is 0.237 e. The van der Waals surface area contributed by atoms with Crippen molar-refractivity contribution in [2.45, 2.75) is 19.0 Å². The summed E-state index contributed by atoms with van der Waals surface area (Å²) in [5.74, 6) is -0.251. The highest BCUT2D eigenvalue weighted by Crippen LogP contribution is 2.26. The molecule has 1 aliphatic rings. The van der Waals surface area contributed by atoms with Crippen molar-refractivity contribution in [1.29, 1.82) is 0 Å². The number of hydrogen-bond acceptors (Lipinski definition) is 4. The zero-order valence-corrected chi connectivity index (χ0v) is 15.8. The second-order valence-corrected chi connectivity index (χ2v) is 6.86. The molecule has 1 aromatic carbocycles. The lowest BCUT2D eigenvalue weighted by atomic mass is 10.1. The molecule has 2 aromatic heterocycles. The van der Waals surface area contributed by atoms with Crippen LogP contribution in [-0.2, 0) is 16.1 Å². The zero-order valence-electron chi connectivity index (χ0n) is 15.8. The Morgan fingerprint density at radius 2 is 2.00 bits per heavy atom. The summed E-state index contributed by atoms with van der Waals surface area (Å²) in [6.45, 7) is 1.78. The Hall–Kier alpha value is -3.19. The quantitative estimate of drug-likeness (QED) is 0.705. The first-order valence-electron chi connectivity index (χ1n) is 9.41. The number of hydrogen-bond donors (Lipinski definition) is 2. The Morgan fingerprint density at radius 1 is 1.21 bits per heavy atom. The predicted molar refractivity (Wildman–Crippen MR) is 107 cm³/mol. The Kier molecular flexibility index (Phi) is 5.08. The largest absolute Gasteiger partial charge is 0.359 e. The third kappa shape index (κ3) is 3.48. The van der Waals surface area contributed by atoms with Gasteiger partial charge in [0.2, 0.25) is 11.8 Å². The first-order chi connectivity index (χ1) is 13.7. The highest BCUT2D eigenvalue weighted by Gasteiger charge is 2.32. The van der Waals surface area contributed by atoms with Gasteiger partial charge in [0.05, 0.1) is 23.9 Å². The van der Waals surface area contributed by atoms with Crippen molar-refractivity contribution in [3.63, 3.8) is 0 Å². The van der Waals surface area contributed by atoms with Gasteiger partial charge < -0.3 is 15.0 Å². The van der Waals surface area contributed by atoms with E-state index in [9.17, 15) is 9.59 Å². The molecule has 0 unspecified atom stereocenters. The molecule has 28 heavy (non-hydrogen) atoms. The van der Waals surface area contributed by atoms with Crippen LogP contribution in [0.25, 0.3) is 16.9 Å². The molecule has 4 rings (SSSR count). The van der Waals surface area contributed by atoms with Gasteiger partial charge in [-0.1, -0.05) is 36.4 Å². The van der Waals surface area contributed by atoms with E-state index >= 15 is 0 Å². The molecule has 3 aromatic rings. The first kappa shape index (κ1) is 18.2. The maximum Gasteiger partial charge on any atom is 0.237 e. The number of piperazine rings is 1. The van der Waals surface area contributed by atoms with Gasteiger partial charge in [0, 0.05) is 38.4 Å². The lowest BCUT2D eigenvalue weighted by Crippen LogP contribution is -2.56. The molecule has 1 fully saturated rings. The van der Waals surface area contributed by atoms with E-state index in [0.29, 0.717) is 19.6 Å². The van der Waals surface area contributed by atoms with Gasteiger partial charge >= 0.3 is 0 Å². The van der Waals surface area contributed by atoms with Crippen molar-refractivity contribution >= 4 is 17.5 Å². The van der Waals surface area contributed by atoms with Crippen LogP contribution in [0.15, 0.2) is 54.7 Å². The maximum atomic E-state index is 12.4. The fourth-order valence-electron chi connectivity index (χ4n) is 3.67. The summed E-state index contributed by atoms with van der Waals surface area (Å²) in [5, 5.41) is 5.49. The van der Waals surface area contributed by atoms with E-state index in [0.717, 1.165) is 22.6 Å². The number of benzene rings is 1. The molecule has 0 radical (unpaired) electrons. The molecule has 0 bridgehead atoms. The topological polar surface area (TPSA) is 78.7 Å². The fourth-order valence-corrected chi connectivity index (χ4v) is 3.67. The minimum atomic E-state index is -0.494. The summed E-state index contributed by atoms with van der Waals surface area (Å²) in [5.41, 5.74) is 3.81. The van der Waals surface area contributed by atoms with Gasteiger partial charge in [0.25, 0.3) is 0 Å². The average molecular weight is 377 g/mol. The Morgan fingerprint density at radius 3 is 2.79 bits per heavy atom. The van der Waals surface area contributed by atoms with E-state index in [-0.39, 0.29) is 18.2 Å². The summed E-state index contributed by atoms with van der Waals surface area (Å²) >= 11 is 0. The van der Waals surface area contributed by atoms with Crippen molar-refractivity contribution in [2.75, 3.05) is 20.1 Å². The summed E-state index contributed by atoms with van der Waals surface area (Å²) in [7, 11) is 1.59. The number of pyridine rings is 1. The Balaban J connectivity index is 1.73. The summed E-state index contributed by atoms with van der Waals surface area (Å²) in [4.78, 5) is 31.3. The molecular weight excluding hydrogens is 354 g/mol. The molecule has 2 N–H and O–H groups in total. The minimum Gasteiger partial charge on any atom is -0.359 e. The normalized spacial score (nSPS) is 17.5. The predicted octanol–water partition coefficient (Wildman–Crippen LogP) is 1.44. The number of nitrogens with one attached hydrogen (secondary N) is 2. The standard InChI is InChI=1S/C21H23N5O2/c1-22-19(27)13-16-21(28)23-10-12-25(16)14-17-20(15-7-3-2-4-8-15)24-18-9-5-6-11-26(17)18/h2-9,11,16H,10,12-14H2,1H3,(H,22,27)(H,23,28)/t16-/m0/s1. The maximum absolute atomic E-state index is 12.4. The van der Waals surface area contributed by atoms with E-state index in [2.05, 4.69) is 19.9 Å². The van der Waals surface area contributed by atoms with E-state index in [4.69, 9.17) is 4.98 Å². The van der Waals surface area contributed by atoms with Crippen LogP contribution in [0.3, 0.4) is 0 Å². The first-order valence-corrected chi connectivity index (χ1v) is 9.41. The molecular formula is C21H23N5O2. The number of imidazole rings is 1. The van der Waals surface area contributed by atoms with E-state index in [1.54, 1.807) is 7.05 Å².